The summed E-state index contributed by atoms with van der Waals surface area (Å²) in [6, 6.07) is 40.5. The average Bonchev–Trinajstić information content (AvgIpc) is 3.73. The van der Waals surface area contributed by atoms with Crippen LogP contribution in [-0.2, 0) is 50.2 Å². The van der Waals surface area contributed by atoms with Gasteiger partial charge in [-0.2, -0.15) is 0 Å². The van der Waals surface area contributed by atoms with Crippen LogP contribution in [0.15, 0.2) is 121 Å². The second-order valence-electron chi connectivity index (χ2n) is 13.5. The minimum Gasteiger partial charge on any atom is -0.375 e. The maximum absolute atomic E-state index is 14.3. The molecule has 0 spiro atoms. The maximum atomic E-state index is 14.3. The molecule has 2 heterocycles. The van der Waals surface area contributed by atoms with Crippen molar-refractivity contribution in [1.82, 2.24) is 4.90 Å². The summed E-state index contributed by atoms with van der Waals surface area (Å²) in [5, 5.41) is 0.314. The summed E-state index contributed by atoms with van der Waals surface area (Å²) >= 11 is 0. The second-order valence-corrected chi connectivity index (χ2v) is 18.4. The molecule has 4 aromatic rings. The molecule has 4 aromatic carbocycles. The maximum Gasteiger partial charge on any atom is 0.130 e. The van der Waals surface area contributed by atoms with Gasteiger partial charge in [0, 0.05) is 6.54 Å². The number of carbonyl (C=O) groups is 1. The Morgan fingerprint density at radius 2 is 1.09 bits per heavy atom. The van der Waals surface area contributed by atoms with E-state index in [2.05, 4.69) is 73.1 Å². The first-order chi connectivity index (χ1) is 22.4. The van der Waals surface area contributed by atoms with Crippen molar-refractivity contribution in [3.63, 3.8) is 0 Å². The predicted molar refractivity (Wildman–Crippen MR) is 183 cm³/mol. The molecule has 6 nitrogen and oxygen atoms in total. The van der Waals surface area contributed by atoms with Crippen LogP contribution in [0.25, 0.3) is 0 Å². The van der Waals surface area contributed by atoms with E-state index in [1.165, 1.54) is 0 Å². The fraction of sp³-hybridized carbons (Fsp3) is 0.359. The van der Waals surface area contributed by atoms with Gasteiger partial charge in [-0.05, 0) is 22.3 Å². The van der Waals surface area contributed by atoms with Gasteiger partial charge in [0.25, 0.3) is 0 Å². The van der Waals surface area contributed by atoms with Gasteiger partial charge in [0.05, 0.1) is 50.7 Å². The molecule has 0 amide bonds. The first-order valence-corrected chi connectivity index (χ1v) is 19.8. The van der Waals surface area contributed by atoms with Crippen LogP contribution in [0, 0.1) is 0 Å². The molecule has 0 aliphatic carbocycles. The Morgan fingerprint density at radius 1 is 0.652 bits per heavy atom. The summed E-state index contributed by atoms with van der Waals surface area (Å²) < 4.78 is 27.0. The van der Waals surface area contributed by atoms with Crippen LogP contribution in [0.5, 0.6) is 0 Å². The SMILES string of the molecule is C[Si](C)(C)C(=O)C1N2C[C@H](OCc3ccccc3)[C@@H](OCc3ccccc3)[C@H](OCc3ccccc3)[C@]12COCc1ccccc1. The number of hydrogen-bond acceptors (Lipinski definition) is 6. The van der Waals surface area contributed by atoms with E-state index in [9.17, 15) is 4.79 Å². The molecule has 2 aliphatic rings. The third-order valence-electron chi connectivity index (χ3n) is 9.08. The van der Waals surface area contributed by atoms with E-state index in [0.717, 1.165) is 22.3 Å². The molecule has 2 aliphatic heterocycles. The van der Waals surface area contributed by atoms with Crippen molar-refractivity contribution in [2.24, 2.45) is 0 Å². The van der Waals surface area contributed by atoms with Crippen molar-refractivity contribution in [3.05, 3.63) is 144 Å². The van der Waals surface area contributed by atoms with Gasteiger partial charge in [-0.25, -0.2) is 0 Å². The molecule has 0 N–H and O–H groups in total. The highest BCUT2D eigenvalue weighted by Crippen LogP contribution is 2.53. The Balaban J connectivity index is 1.35. The molecule has 2 unspecified atom stereocenters. The van der Waals surface area contributed by atoms with Crippen molar-refractivity contribution >= 4 is 13.5 Å². The highest BCUT2D eigenvalue weighted by molar-refractivity contribution is 7.04. The van der Waals surface area contributed by atoms with Crippen molar-refractivity contribution in [2.75, 3.05) is 13.2 Å². The van der Waals surface area contributed by atoms with E-state index >= 15 is 0 Å². The minimum absolute atomic E-state index is 0.314. The lowest BCUT2D eigenvalue weighted by Crippen LogP contribution is -2.60. The zero-order chi connectivity index (χ0) is 32.0. The number of piperidine rings is 1. The van der Waals surface area contributed by atoms with Gasteiger partial charge in [0.1, 0.15) is 25.7 Å². The second kappa shape index (κ2) is 14.5. The van der Waals surface area contributed by atoms with E-state index in [1.807, 2.05) is 72.8 Å². The molecule has 0 aromatic heterocycles. The third kappa shape index (κ3) is 7.41. The molecular weight excluding hydrogens is 591 g/mol. The largest absolute Gasteiger partial charge is 0.375 e. The summed E-state index contributed by atoms with van der Waals surface area (Å²) in [6.07, 6.45) is -1.21. The normalized spacial score (nSPS) is 25.5. The molecule has 0 saturated carbocycles. The molecule has 6 atom stereocenters. The molecule has 0 radical (unpaired) electrons. The number of fused-ring (bicyclic) bond motifs is 1. The Labute approximate surface area is 274 Å². The minimum atomic E-state index is -2.18. The summed E-state index contributed by atoms with van der Waals surface area (Å²) in [6.45, 7) is 9.02. The molecule has 240 valence electrons. The van der Waals surface area contributed by atoms with Crippen LogP contribution in [0.4, 0.5) is 0 Å². The Kier molecular flexibility index (Phi) is 10.3. The molecular formula is C39H45NO5Si. The lowest BCUT2D eigenvalue weighted by molar-refractivity contribution is -0.191. The van der Waals surface area contributed by atoms with Crippen molar-refractivity contribution in [1.29, 1.82) is 0 Å². The molecule has 2 saturated heterocycles. The smallest absolute Gasteiger partial charge is 0.130 e. The standard InChI is InChI=1S/C39H45NO5Si/c1-46(2,3)38(41)36-39(29-42-25-30-16-8-4-9-17-30)37(45-28-33-22-14-7-15-23-33)35(44-27-32-20-12-6-13-21-32)34(24-40(36)39)43-26-31-18-10-5-11-19-31/h4-23,34-37H,24-29H2,1-3H3/t34-,35+,36?,37-,39-,40?/m0/s1. The quantitative estimate of drug-likeness (QED) is 0.105. The number of nitrogens with zero attached hydrogens (tertiary/aromatic N) is 1. The van der Waals surface area contributed by atoms with E-state index in [4.69, 9.17) is 18.9 Å². The van der Waals surface area contributed by atoms with Gasteiger partial charge < -0.3 is 23.7 Å². The Bertz CT molecular complexity index is 1530. The summed E-state index contributed by atoms with van der Waals surface area (Å²) in [5.41, 5.74) is 3.67. The van der Waals surface area contributed by atoms with Crippen LogP contribution in [0.2, 0.25) is 19.6 Å². The topological polar surface area (TPSA) is 57.0 Å². The monoisotopic (exact) mass is 635 g/mol. The lowest BCUT2D eigenvalue weighted by Gasteiger charge is -2.42. The van der Waals surface area contributed by atoms with Gasteiger partial charge in [0.2, 0.25) is 0 Å². The first-order valence-electron chi connectivity index (χ1n) is 16.3. The van der Waals surface area contributed by atoms with Crippen LogP contribution < -0.4 is 0 Å². The zero-order valence-electron chi connectivity index (χ0n) is 27.1. The molecule has 46 heavy (non-hydrogen) atoms. The van der Waals surface area contributed by atoms with Gasteiger partial charge in [-0.15, -0.1) is 0 Å². The zero-order valence-corrected chi connectivity index (χ0v) is 28.1. The molecule has 7 heteroatoms. The molecule has 2 fully saturated rings. The van der Waals surface area contributed by atoms with Gasteiger partial charge in [-0.3, -0.25) is 4.90 Å². The van der Waals surface area contributed by atoms with Crippen LogP contribution in [0.3, 0.4) is 0 Å². The highest BCUT2D eigenvalue weighted by Gasteiger charge is 2.76. The molecule has 0 bridgehead atoms. The third-order valence-corrected chi connectivity index (χ3v) is 10.8. The number of ether oxygens (including phenoxy) is 4. The average molecular weight is 636 g/mol. The van der Waals surface area contributed by atoms with E-state index in [-0.39, 0.29) is 12.1 Å². The van der Waals surface area contributed by atoms with Crippen molar-refractivity contribution in [2.45, 2.75) is 76.0 Å². The fourth-order valence-corrected chi connectivity index (χ4v) is 7.82. The van der Waals surface area contributed by atoms with E-state index in [0.29, 0.717) is 45.0 Å². The van der Waals surface area contributed by atoms with Crippen LogP contribution in [-0.4, -0.2) is 61.4 Å². The molecule has 6 rings (SSSR count). The van der Waals surface area contributed by atoms with Crippen LogP contribution >= 0.6 is 0 Å². The predicted octanol–water partition coefficient (Wildman–Crippen LogP) is 6.84. The van der Waals surface area contributed by atoms with Gasteiger partial charge >= 0.3 is 0 Å². The Hall–Kier alpha value is -3.43. The number of rotatable bonds is 15. The number of hydrogen-bond donors (Lipinski definition) is 0. The number of benzene rings is 4. The number of carbonyl (C=O) groups excluding carboxylic acids is 1. The van der Waals surface area contributed by atoms with Gasteiger partial charge in [0.15, 0.2) is 0 Å². The lowest BCUT2D eigenvalue weighted by atomic mass is 9.88. The van der Waals surface area contributed by atoms with Crippen LogP contribution in [0.1, 0.15) is 22.3 Å². The summed E-state index contributed by atoms with van der Waals surface area (Å²) in [5.74, 6) is 0. The fourth-order valence-electron chi connectivity index (χ4n) is 6.59. The van der Waals surface area contributed by atoms with E-state index in [1.54, 1.807) is 0 Å². The Morgan fingerprint density at radius 3 is 1.57 bits per heavy atom. The summed E-state index contributed by atoms with van der Waals surface area (Å²) in [7, 11) is -2.18. The van der Waals surface area contributed by atoms with E-state index < -0.39 is 25.8 Å². The van der Waals surface area contributed by atoms with Crippen molar-refractivity contribution in [3.8, 4) is 0 Å². The highest BCUT2D eigenvalue weighted by atomic mass is 28.3. The summed E-state index contributed by atoms with van der Waals surface area (Å²) in [4.78, 5) is 16.5. The van der Waals surface area contributed by atoms with Crippen molar-refractivity contribution < 1.29 is 23.7 Å². The van der Waals surface area contributed by atoms with Gasteiger partial charge in [-0.1, -0.05) is 141 Å². The first kappa shape index (κ1) is 32.5.